The van der Waals surface area contributed by atoms with Gasteiger partial charge in [0, 0.05) is 29.5 Å². The zero-order valence-corrected chi connectivity index (χ0v) is 16.8. The first-order valence-corrected chi connectivity index (χ1v) is 10.5. The maximum atomic E-state index is 12.9. The lowest BCUT2D eigenvalue weighted by Crippen LogP contribution is -2.43. The summed E-state index contributed by atoms with van der Waals surface area (Å²) in [4.78, 5) is 16.4. The third kappa shape index (κ3) is 4.57. The Morgan fingerprint density at radius 2 is 2.25 bits per heavy atom. The molecule has 1 aromatic carbocycles. The molecule has 0 bridgehead atoms. The lowest BCUT2D eigenvalue weighted by Gasteiger charge is -2.22. The molecule has 3 heterocycles. The van der Waals surface area contributed by atoms with Gasteiger partial charge in [0.15, 0.2) is 0 Å². The van der Waals surface area contributed by atoms with E-state index in [4.69, 9.17) is 11.6 Å². The highest BCUT2D eigenvalue weighted by molar-refractivity contribution is 7.09. The average Bonchev–Trinajstić information content (AvgIpc) is 3.44. The van der Waals surface area contributed by atoms with Gasteiger partial charge in [0.1, 0.15) is 6.33 Å². The highest BCUT2D eigenvalue weighted by Gasteiger charge is 2.38. The standard InChI is InChI=1S/C19H21ClN6OS/c20-15-4-1-3-14(9-15)6-7-21-19(27)18-10-16(26-13-22-23-24-26)11-25(18)12-17-5-2-8-28-17/h1-5,8-9,13,16,18H,6-7,10-12H2,(H,21,27)/t16-,18+/m1/s1. The Labute approximate surface area is 172 Å². The molecular weight excluding hydrogens is 396 g/mol. The third-order valence-corrected chi connectivity index (χ3v) is 6.06. The number of benzene rings is 1. The number of hydrogen-bond acceptors (Lipinski definition) is 6. The molecule has 1 saturated heterocycles. The van der Waals surface area contributed by atoms with Crippen molar-refractivity contribution in [2.45, 2.75) is 31.5 Å². The van der Waals surface area contributed by atoms with Gasteiger partial charge in [-0.3, -0.25) is 9.69 Å². The molecule has 0 aliphatic carbocycles. The molecule has 0 saturated carbocycles. The van der Waals surface area contributed by atoms with E-state index in [1.165, 1.54) is 4.88 Å². The molecule has 1 N–H and O–H groups in total. The van der Waals surface area contributed by atoms with Crippen molar-refractivity contribution < 1.29 is 4.79 Å². The normalized spacial score (nSPS) is 19.8. The minimum atomic E-state index is -0.198. The highest BCUT2D eigenvalue weighted by Crippen LogP contribution is 2.29. The summed E-state index contributed by atoms with van der Waals surface area (Å²) in [6, 6.07) is 11.8. The summed E-state index contributed by atoms with van der Waals surface area (Å²) in [7, 11) is 0. The van der Waals surface area contributed by atoms with Gasteiger partial charge in [-0.15, -0.1) is 16.4 Å². The van der Waals surface area contributed by atoms with Crippen molar-refractivity contribution in [2.24, 2.45) is 0 Å². The van der Waals surface area contributed by atoms with Crippen LogP contribution in [0.25, 0.3) is 0 Å². The van der Waals surface area contributed by atoms with Gasteiger partial charge in [-0.25, -0.2) is 4.68 Å². The maximum Gasteiger partial charge on any atom is 0.237 e. The molecule has 2 atom stereocenters. The molecule has 0 unspecified atom stereocenters. The predicted octanol–water partition coefficient (Wildman–Crippen LogP) is 2.56. The number of amides is 1. The fourth-order valence-corrected chi connectivity index (χ4v) is 4.54. The van der Waals surface area contributed by atoms with Gasteiger partial charge in [0.05, 0.1) is 12.1 Å². The lowest BCUT2D eigenvalue weighted by molar-refractivity contribution is -0.125. The molecule has 9 heteroatoms. The van der Waals surface area contributed by atoms with E-state index >= 15 is 0 Å². The number of carbonyl (C=O) groups excluding carboxylic acids is 1. The zero-order valence-electron chi connectivity index (χ0n) is 15.2. The van der Waals surface area contributed by atoms with Crippen molar-refractivity contribution in [1.82, 2.24) is 30.4 Å². The molecule has 1 amide bonds. The number of likely N-dealkylation sites (tertiary alicyclic amines) is 1. The minimum absolute atomic E-state index is 0.0501. The number of nitrogens with one attached hydrogen (secondary N) is 1. The van der Waals surface area contributed by atoms with Crippen LogP contribution in [0.1, 0.15) is 22.9 Å². The molecule has 0 spiro atoms. The van der Waals surface area contributed by atoms with Gasteiger partial charge in [-0.05, 0) is 52.4 Å². The van der Waals surface area contributed by atoms with Crippen LogP contribution in [0.15, 0.2) is 48.1 Å². The quantitative estimate of drug-likeness (QED) is 0.640. The topological polar surface area (TPSA) is 75.9 Å². The van der Waals surface area contributed by atoms with Crippen molar-refractivity contribution in [3.05, 3.63) is 63.6 Å². The van der Waals surface area contributed by atoms with Gasteiger partial charge in [0.25, 0.3) is 0 Å². The summed E-state index contributed by atoms with van der Waals surface area (Å²) in [5, 5.41) is 17.3. The zero-order chi connectivity index (χ0) is 19.3. The Morgan fingerprint density at radius 1 is 1.32 bits per heavy atom. The van der Waals surface area contributed by atoms with Crippen molar-refractivity contribution in [3.63, 3.8) is 0 Å². The van der Waals surface area contributed by atoms with Crippen molar-refractivity contribution in [3.8, 4) is 0 Å². The Balaban J connectivity index is 1.39. The van der Waals surface area contributed by atoms with Crippen molar-refractivity contribution >= 4 is 28.8 Å². The molecule has 1 aliphatic heterocycles. The molecule has 4 rings (SSSR count). The molecule has 146 valence electrons. The molecule has 7 nitrogen and oxygen atoms in total. The van der Waals surface area contributed by atoms with E-state index in [0.717, 1.165) is 25.1 Å². The van der Waals surface area contributed by atoms with E-state index in [2.05, 4.69) is 37.2 Å². The number of rotatable bonds is 7. The Morgan fingerprint density at radius 3 is 3.00 bits per heavy atom. The Kier molecular flexibility index (Phi) is 5.99. The fourth-order valence-electron chi connectivity index (χ4n) is 3.60. The number of thiophene rings is 1. The second kappa shape index (κ2) is 8.81. The van der Waals surface area contributed by atoms with Crippen LogP contribution < -0.4 is 5.32 Å². The van der Waals surface area contributed by atoms with Crippen LogP contribution in [0.2, 0.25) is 5.02 Å². The number of nitrogens with zero attached hydrogens (tertiary/aromatic N) is 5. The van der Waals surface area contributed by atoms with Gasteiger partial charge < -0.3 is 5.32 Å². The average molecular weight is 417 g/mol. The van der Waals surface area contributed by atoms with Crippen LogP contribution >= 0.6 is 22.9 Å². The second-order valence-electron chi connectivity index (χ2n) is 6.87. The molecule has 1 fully saturated rings. The molecule has 0 radical (unpaired) electrons. The predicted molar refractivity (Wildman–Crippen MR) is 108 cm³/mol. The first-order chi connectivity index (χ1) is 13.7. The SMILES string of the molecule is O=C(NCCc1cccc(Cl)c1)[C@@H]1C[C@@H](n2cnnn2)CN1Cc1cccs1. The first kappa shape index (κ1) is 19.0. The second-order valence-corrected chi connectivity index (χ2v) is 8.34. The van der Waals surface area contributed by atoms with E-state index in [-0.39, 0.29) is 18.0 Å². The van der Waals surface area contributed by atoms with Crippen LogP contribution in [0.4, 0.5) is 0 Å². The number of hydrogen-bond donors (Lipinski definition) is 1. The first-order valence-electron chi connectivity index (χ1n) is 9.20. The van der Waals surface area contributed by atoms with Gasteiger partial charge >= 0.3 is 0 Å². The van der Waals surface area contributed by atoms with E-state index in [1.807, 2.05) is 30.3 Å². The summed E-state index contributed by atoms with van der Waals surface area (Å²) in [5.74, 6) is 0.0501. The maximum absolute atomic E-state index is 12.9. The molecule has 2 aromatic heterocycles. The van der Waals surface area contributed by atoms with Gasteiger partial charge in [-0.2, -0.15) is 0 Å². The summed E-state index contributed by atoms with van der Waals surface area (Å²) < 4.78 is 1.75. The largest absolute Gasteiger partial charge is 0.354 e. The van der Waals surface area contributed by atoms with Crippen molar-refractivity contribution in [1.29, 1.82) is 0 Å². The monoisotopic (exact) mass is 416 g/mol. The summed E-state index contributed by atoms with van der Waals surface area (Å²) in [6.45, 7) is 2.08. The molecule has 28 heavy (non-hydrogen) atoms. The highest BCUT2D eigenvalue weighted by atomic mass is 35.5. The number of tetrazole rings is 1. The number of halogens is 1. The Bertz CT molecular complexity index is 901. The summed E-state index contributed by atoms with van der Waals surface area (Å²) >= 11 is 7.74. The van der Waals surface area contributed by atoms with E-state index in [1.54, 1.807) is 22.3 Å². The van der Waals surface area contributed by atoms with Gasteiger partial charge in [-0.1, -0.05) is 29.8 Å². The van der Waals surface area contributed by atoms with E-state index in [9.17, 15) is 4.79 Å². The van der Waals surface area contributed by atoms with E-state index in [0.29, 0.717) is 18.0 Å². The smallest absolute Gasteiger partial charge is 0.237 e. The molecule has 3 aromatic rings. The van der Waals surface area contributed by atoms with Crippen molar-refractivity contribution in [2.75, 3.05) is 13.1 Å². The van der Waals surface area contributed by atoms with Crippen LogP contribution in [0, 0.1) is 0 Å². The van der Waals surface area contributed by atoms with Crippen LogP contribution in [-0.4, -0.2) is 50.1 Å². The van der Waals surface area contributed by atoms with Crippen LogP contribution in [-0.2, 0) is 17.8 Å². The van der Waals surface area contributed by atoms with E-state index < -0.39 is 0 Å². The van der Waals surface area contributed by atoms with Crippen LogP contribution in [0.5, 0.6) is 0 Å². The molecule has 1 aliphatic rings. The third-order valence-electron chi connectivity index (χ3n) is 4.96. The molecular formula is C19H21ClN6OS. The number of carbonyl (C=O) groups is 1. The lowest BCUT2D eigenvalue weighted by atomic mass is 10.1. The number of aromatic nitrogens is 4. The summed E-state index contributed by atoms with van der Waals surface area (Å²) in [6.07, 6.45) is 3.06. The van der Waals surface area contributed by atoms with Crippen LogP contribution in [0.3, 0.4) is 0 Å². The fraction of sp³-hybridized carbons (Fsp3) is 0.368. The minimum Gasteiger partial charge on any atom is -0.354 e. The summed E-state index contributed by atoms with van der Waals surface area (Å²) in [5.41, 5.74) is 1.11. The Hall–Kier alpha value is -2.29. The van der Waals surface area contributed by atoms with Gasteiger partial charge in [0.2, 0.25) is 5.91 Å².